The molecule has 0 spiro atoms. The SMILES string of the molecule is COc1ccc(CC(=O)NCC(C)(O)C(C)C)c(Cl)c1. The molecule has 0 aliphatic rings. The third kappa shape index (κ3) is 4.69. The Bertz CT molecular complexity index is 472. The number of hydrogen-bond acceptors (Lipinski definition) is 3. The molecular formula is C15H22ClNO3. The van der Waals surface area contributed by atoms with E-state index in [0.29, 0.717) is 10.8 Å². The van der Waals surface area contributed by atoms with Crippen molar-refractivity contribution in [1.29, 1.82) is 0 Å². The number of benzene rings is 1. The van der Waals surface area contributed by atoms with E-state index in [1.54, 1.807) is 32.2 Å². The van der Waals surface area contributed by atoms with E-state index in [4.69, 9.17) is 16.3 Å². The summed E-state index contributed by atoms with van der Waals surface area (Å²) in [6.07, 6.45) is 0.178. The molecule has 1 atom stereocenters. The molecule has 1 unspecified atom stereocenters. The van der Waals surface area contributed by atoms with Gasteiger partial charge in [0.1, 0.15) is 5.75 Å². The normalized spacial score (nSPS) is 13.9. The molecular weight excluding hydrogens is 278 g/mol. The van der Waals surface area contributed by atoms with Crippen LogP contribution in [0.4, 0.5) is 0 Å². The highest BCUT2D eigenvalue weighted by molar-refractivity contribution is 6.31. The molecule has 0 aliphatic heterocycles. The van der Waals surface area contributed by atoms with Crippen LogP contribution in [-0.4, -0.2) is 30.3 Å². The van der Waals surface area contributed by atoms with Gasteiger partial charge >= 0.3 is 0 Å². The molecule has 4 nitrogen and oxygen atoms in total. The minimum Gasteiger partial charge on any atom is -0.497 e. The molecule has 5 heteroatoms. The summed E-state index contributed by atoms with van der Waals surface area (Å²) in [5.74, 6) is 0.548. The summed E-state index contributed by atoms with van der Waals surface area (Å²) < 4.78 is 5.06. The van der Waals surface area contributed by atoms with Gasteiger partial charge in [-0.25, -0.2) is 0 Å². The number of hydrogen-bond donors (Lipinski definition) is 2. The Hall–Kier alpha value is -1.26. The Morgan fingerprint density at radius 3 is 2.65 bits per heavy atom. The van der Waals surface area contributed by atoms with Gasteiger partial charge in [-0.3, -0.25) is 4.79 Å². The molecule has 20 heavy (non-hydrogen) atoms. The molecule has 0 aliphatic carbocycles. The first-order chi connectivity index (χ1) is 9.26. The average Bonchev–Trinajstić information content (AvgIpc) is 2.38. The summed E-state index contributed by atoms with van der Waals surface area (Å²) in [5, 5.41) is 13.3. The largest absolute Gasteiger partial charge is 0.497 e. The summed E-state index contributed by atoms with van der Waals surface area (Å²) in [6.45, 7) is 5.74. The van der Waals surface area contributed by atoms with E-state index in [2.05, 4.69) is 5.32 Å². The minimum atomic E-state index is -0.917. The van der Waals surface area contributed by atoms with E-state index in [1.807, 2.05) is 13.8 Å². The zero-order valence-electron chi connectivity index (χ0n) is 12.4. The van der Waals surface area contributed by atoms with E-state index in [9.17, 15) is 9.90 Å². The molecule has 1 aromatic carbocycles. The maximum Gasteiger partial charge on any atom is 0.224 e. The number of halogens is 1. The smallest absolute Gasteiger partial charge is 0.224 e. The minimum absolute atomic E-state index is 0.0624. The van der Waals surface area contributed by atoms with Crippen molar-refractivity contribution in [3.8, 4) is 5.75 Å². The zero-order valence-corrected chi connectivity index (χ0v) is 13.1. The molecule has 2 N–H and O–H groups in total. The van der Waals surface area contributed by atoms with E-state index in [0.717, 1.165) is 5.56 Å². The lowest BCUT2D eigenvalue weighted by molar-refractivity contribution is -0.122. The summed E-state index contributed by atoms with van der Waals surface area (Å²) in [7, 11) is 1.56. The summed E-state index contributed by atoms with van der Waals surface area (Å²) in [5.41, 5.74) is -0.187. The molecule has 0 saturated heterocycles. The summed E-state index contributed by atoms with van der Waals surface area (Å²) >= 11 is 6.08. The van der Waals surface area contributed by atoms with Crippen molar-refractivity contribution in [2.45, 2.75) is 32.8 Å². The number of nitrogens with one attached hydrogen (secondary N) is 1. The van der Waals surface area contributed by atoms with Gasteiger partial charge in [0.05, 0.1) is 19.1 Å². The standard InChI is InChI=1S/C15H22ClNO3/c1-10(2)15(3,19)9-17-14(18)7-11-5-6-12(20-4)8-13(11)16/h5-6,8,10,19H,7,9H2,1-4H3,(H,17,18). The van der Waals surface area contributed by atoms with Crippen molar-refractivity contribution in [2.75, 3.05) is 13.7 Å². The molecule has 0 fully saturated rings. The van der Waals surface area contributed by atoms with Crippen molar-refractivity contribution in [3.63, 3.8) is 0 Å². The molecule has 0 heterocycles. The molecule has 1 aromatic rings. The van der Waals surface area contributed by atoms with Crippen molar-refractivity contribution >= 4 is 17.5 Å². The van der Waals surface area contributed by atoms with E-state index >= 15 is 0 Å². The van der Waals surface area contributed by atoms with Gasteiger partial charge in [-0.15, -0.1) is 0 Å². The molecule has 0 aromatic heterocycles. The van der Waals surface area contributed by atoms with Gasteiger partial charge in [0.15, 0.2) is 0 Å². The van der Waals surface area contributed by atoms with Crippen LogP contribution in [0.25, 0.3) is 0 Å². The first-order valence-corrected chi connectivity index (χ1v) is 6.95. The fourth-order valence-corrected chi connectivity index (χ4v) is 1.75. The van der Waals surface area contributed by atoms with Crippen LogP contribution >= 0.6 is 11.6 Å². The van der Waals surface area contributed by atoms with Crippen molar-refractivity contribution in [2.24, 2.45) is 5.92 Å². The van der Waals surface area contributed by atoms with Crippen molar-refractivity contribution in [1.82, 2.24) is 5.32 Å². The van der Waals surface area contributed by atoms with Crippen LogP contribution in [0.5, 0.6) is 5.75 Å². The predicted molar refractivity (Wildman–Crippen MR) is 80.2 cm³/mol. The first kappa shape index (κ1) is 16.8. The van der Waals surface area contributed by atoms with Gasteiger partial charge < -0.3 is 15.2 Å². The molecule has 1 rings (SSSR count). The number of methoxy groups -OCH3 is 1. The van der Waals surface area contributed by atoms with Crippen molar-refractivity contribution in [3.05, 3.63) is 28.8 Å². The van der Waals surface area contributed by atoms with E-state index in [-0.39, 0.29) is 24.8 Å². The Morgan fingerprint density at radius 2 is 2.15 bits per heavy atom. The number of rotatable bonds is 6. The van der Waals surface area contributed by atoms with E-state index < -0.39 is 5.60 Å². The molecule has 0 bridgehead atoms. The lowest BCUT2D eigenvalue weighted by Gasteiger charge is -2.27. The van der Waals surface area contributed by atoms with E-state index in [1.165, 1.54) is 0 Å². The van der Waals surface area contributed by atoms with Crippen LogP contribution in [0, 0.1) is 5.92 Å². The fraction of sp³-hybridized carbons (Fsp3) is 0.533. The number of aliphatic hydroxyl groups is 1. The van der Waals surface area contributed by atoms with Gasteiger partial charge in [-0.2, -0.15) is 0 Å². The van der Waals surface area contributed by atoms with Crippen LogP contribution in [0.3, 0.4) is 0 Å². The quantitative estimate of drug-likeness (QED) is 0.848. The highest BCUT2D eigenvalue weighted by Crippen LogP contribution is 2.22. The van der Waals surface area contributed by atoms with Gasteiger partial charge in [-0.05, 0) is 30.5 Å². The third-order valence-electron chi connectivity index (χ3n) is 3.50. The molecule has 112 valence electrons. The van der Waals surface area contributed by atoms with Gasteiger partial charge in [-0.1, -0.05) is 31.5 Å². The maximum atomic E-state index is 11.9. The Morgan fingerprint density at radius 1 is 1.50 bits per heavy atom. The Kier molecular flexibility index (Phi) is 5.84. The summed E-state index contributed by atoms with van der Waals surface area (Å²) in [6, 6.07) is 5.20. The zero-order chi connectivity index (χ0) is 15.3. The first-order valence-electron chi connectivity index (χ1n) is 6.57. The molecule has 0 radical (unpaired) electrons. The van der Waals surface area contributed by atoms with Crippen LogP contribution in [0.1, 0.15) is 26.3 Å². The number of carbonyl (C=O) groups excluding carboxylic acids is 1. The van der Waals surface area contributed by atoms with Crippen LogP contribution in [0.2, 0.25) is 5.02 Å². The second-order valence-corrected chi connectivity index (χ2v) is 5.83. The maximum absolute atomic E-state index is 11.9. The van der Waals surface area contributed by atoms with Gasteiger partial charge in [0.25, 0.3) is 0 Å². The molecule has 1 amide bonds. The van der Waals surface area contributed by atoms with Crippen LogP contribution in [0.15, 0.2) is 18.2 Å². The van der Waals surface area contributed by atoms with Gasteiger partial charge in [0, 0.05) is 11.6 Å². The Balaban J connectivity index is 2.59. The summed E-state index contributed by atoms with van der Waals surface area (Å²) in [4.78, 5) is 11.9. The average molecular weight is 300 g/mol. The van der Waals surface area contributed by atoms with Crippen LogP contribution in [-0.2, 0) is 11.2 Å². The highest BCUT2D eigenvalue weighted by atomic mass is 35.5. The van der Waals surface area contributed by atoms with Crippen molar-refractivity contribution < 1.29 is 14.6 Å². The lowest BCUT2D eigenvalue weighted by atomic mass is 9.92. The fourth-order valence-electron chi connectivity index (χ4n) is 1.52. The molecule has 0 saturated carbocycles. The predicted octanol–water partition coefficient (Wildman–Crippen LogP) is 2.41. The third-order valence-corrected chi connectivity index (χ3v) is 3.85. The van der Waals surface area contributed by atoms with Gasteiger partial charge in [0.2, 0.25) is 5.91 Å². The van der Waals surface area contributed by atoms with Crippen LogP contribution < -0.4 is 10.1 Å². The topological polar surface area (TPSA) is 58.6 Å². The monoisotopic (exact) mass is 299 g/mol. The Labute approximate surface area is 125 Å². The second kappa shape index (κ2) is 6.95. The lowest BCUT2D eigenvalue weighted by Crippen LogP contribution is -2.44. The second-order valence-electron chi connectivity index (χ2n) is 5.42. The highest BCUT2D eigenvalue weighted by Gasteiger charge is 2.25. The number of carbonyl (C=O) groups is 1. The number of amides is 1. The number of ether oxygens (including phenoxy) is 1.